The minimum atomic E-state index is -3.20. The van der Waals surface area contributed by atoms with Gasteiger partial charge in [0.2, 0.25) is 0 Å². The van der Waals surface area contributed by atoms with Crippen LogP contribution in [0.2, 0.25) is 0 Å². The minimum Gasteiger partial charge on any atom is -0.432 e. The van der Waals surface area contributed by atoms with Crippen LogP contribution >= 0.6 is 0 Å². The van der Waals surface area contributed by atoms with Gasteiger partial charge in [-0.25, -0.2) is 18.2 Å². The summed E-state index contributed by atoms with van der Waals surface area (Å²) in [6, 6.07) is 3.14. The topological polar surface area (TPSA) is 84.6 Å². The molecular formula is C17H16F5N5O2. The Bertz CT molecular complexity index is 1010. The Morgan fingerprint density at radius 2 is 1.90 bits per heavy atom. The molecule has 2 N–H and O–H groups in total. The van der Waals surface area contributed by atoms with E-state index in [1.807, 2.05) is 0 Å². The maximum Gasteiger partial charge on any atom is 0.387 e. The molecule has 3 rings (SSSR count). The van der Waals surface area contributed by atoms with Gasteiger partial charge < -0.3 is 15.2 Å². The first-order valence-corrected chi connectivity index (χ1v) is 8.28. The first-order valence-electron chi connectivity index (χ1n) is 8.28. The summed E-state index contributed by atoms with van der Waals surface area (Å²) in [5.74, 6) is -1.83. The third-order valence-electron chi connectivity index (χ3n) is 4.00. The molecule has 0 aliphatic carbocycles. The van der Waals surface area contributed by atoms with Gasteiger partial charge in [0.05, 0.1) is 11.6 Å². The Balaban J connectivity index is 2.03. The van der Waals surface area contributed by atoms with Crippen molar-refractivity contribution >= 4 is 11.6 Å². The lowest BCUT2D eigenvalue weighted by molar-refractivity contribution is -0.0522. The zero-order valence-corrected chi connectivity index (χ0v) is 15.2. The summed E-state index contributed by atoms with van der Waals surface area (Å²) in [5, 5.41) is 17.3. The predicted octanol–water partition coefficient (Wildman–Crippen LogP) is 3.73. The Morgan fingerprint density at radius 1 is 1.17 bits per heavy atom. The van der Waals surface area contributed by atoms with Crippen molar-refractivity contribution < 1.29 is 31.8 Å². The van der Waals surface area contributed by atoms with Gasteiger partial charge in [-0.05, 0) is 31.5 Å². The Labute approximate surface area is 161 Å². The number of rotatable bonds is 7. The lowest BCUT2D eigenvalue weighted by Crippen LogP contribution is -2.35. The molecule has 0 saturated carbocycles. The fourth-order valence-electron chi connectivity index (χ4n) is 2.75. The molecule has 12 heteroatoms. The van der Waals surface area contributed by atoms with Crippen LogP contribution in [-0.4, -0.2) is 36.9 Å². The number of halogens is 5. The van der Waals surface area contributed by atoms with Crippen LogP contribution in [0, 0.1) is 5.82 Å². The number of benzene rings is 1. The highest BCUT2D eigenvalue weighted by molar-refractivity contribution is 5.48. The standard InChI is InChI=1S/C17H16F5N5O2/c1-17(2,28)13(8-3-4-11(9(18)5-8)29-15(21)22)26-12-6-10(14(19)20)25-16-23-7-24-27(12)16/h3-7,13-15,26,28H,1-2H3. The molecule has 1 aromatic carbocycles. The molecule has 0 bridgehead atoms. The van der Waals surface area contributed by atoms with Crippen molar-refractivity contribution in [3.63, 3.8) is 0 Å². The Kier molecular flexibility index (Phi) is 5.55. The number of aliphatic hydroxyl groups is 1. The van der Waals surface area contributed by atoms with Crippen LogP contribution in [0.15, 0.2) is 30.6 Å². The van der Waals surface area contributed by atoms with Gasteiger partial charge in [-0.1, -0.05) is 6.07 Å². The summed E-state index contributed by atoms with van der Waals surface area (Å²) < 4.78 is 70.3. The molecule has 156 valence electrons. The van der Waals surface area contributed by atoms with Crippen LogP contribution in [0.1, 0.15) is 37.6 Å². The number of hydrogen-bond acceptors (Lipinski definition) is 6. The van der Waals surface area contributed by atoms with Crippen LogP contribution in [0.5, 0.6) is 5.75 Å². The first-order chi connectivity index (χ1) is 13.6. The summed E-state index contributed by atoms with van der Waals surface area (Å²) in [6.07, 6.45) is -1.78. The van der Waals surface area contributed by atoms with Crippen LogP contribution in [0.3, 0.4) is 0 Å². The smallest absolute Gasteiger partial charge is 0.387 e. The van der Waals surface area contributed by atoms with Crippen LogP contribution in [0.25, 0.3) is 5.78 Å². The normalized spacial score (nSPS) is 13.3. The van der Waals surface area contributed by atoms with E-state index < -0.39 is 41.9 Å². The molecule has 1 unspecified atom stereocenters. The van der Waals surface area contributed by atoms with Crippen molar-refractivity contribution in [2.45, 2.75) is 38.5 Å². The van der Waals surface area contributed by atoms with Gasteiger partial charge in [0.1, 0.15) is 17.8 Å². The highest BCUT2D eigenvalue weighted by Crippen LogP contribution is 2.33. The molecule has 3 aromatic rings. The molecule has 29 heavy (non-hydrogen) atoms. The SMILES string of the molecule is CC(C)(O)C(Nc1cc(C(F)F)nc2ncnn12)c1ccc(OC(F)F)c(F)c1. The molecule has 0 spiro atoms. The molecule has 0 fully saturated rings. The quantitative estimate of drug-likeness (QED) is 0.570. The molecule has 1 atom stereocenters. The highest BCUT2D eigenvalue weighted by Gasteiger charge is 2.31. The van der Waals surface area contributed by atoms with E-state index in [0.29, 0.717) is 0 Å². The lowest BCUT2D eigenvalue weighted by Gasteiger charge is -2.31. The lowest BCUT2D eigenvalue weighted by atomic mass is 9.91. The zero-order valence-electron chi connectivity index (χ0n) is 15.2. The molecule has 0 saturated heterocycles. The van der Waals surface area contributed by atoms with E-state index in [2.05, 4.69) is 25.1 Å². The van der Waals surface area contributed by atoms with E-state index in [0.717, 1.165) is 29.0 Å². The van der Waals surface area contributed by atoms with E-state index >= 15 is 0 Å². The molecule has 0 radical (unpaired) electrons. The summed E-state index contributed by atoms with van der Waals surface area (Å²) >= 11 is 0. The summed E-state index contributed by atoms with van der Waals surface area (Å²) in [6.45, 7) is -0.400. The number of hydrogen-bond donors (Lipinski definition) is 2. The summed E-state index contributed by atoms with van der Waals surface area (Å²) in [4.78, 5) is 7.46. The van der Waals surface area contributed by atoms with Gasteiger partial charge in [-0.15, -0.1) is 0 Å². The monoisotopic (exact) mass is 417 g/mol. The molecule has 0 aliphatic rings. The first kappa shape index (κ1) is 20.7. The number of anilines is 1. The van der Waals surface area contributed by atoms with Crippen LogP contribution < -0.4 is 10.1 Å². The highest BCUT2D eigenvalue weighted by atomic mass is 19.3. The largest absolute Gasteiger partial charge is 0.432 e. The number of ether oxygens (including phenoxy) is 1. The number of nitrogens with zero attached hydrogens (tertiary/aromatic N) is 4. The predicted molar refractivity (Wildman–Crippen MR) is 91.4 cm³/mol. The maximum atomic E-state index is 14.2. The number of aromatic nitrogens is 4. The Hall–Kier alpha value is -3.02. The van der Waals surface area contributed by atoms with Gasteiger partial charge in [0.25, 0.3) is 12.2 Å². The number of alkyl halides is 4. The van der Waals surface area contributed by atoms with Gasteiger partial charge in [-0.2, -0.15) is 23.4 Å². The maximum absolute atomic E-state index is 14.2. The number of nitrogens with one attached hydrogen (secondary N) is 1. The van der Waals surface area contributed by atoms with Crippen molar-refractivity contribution in [2.75, 3.05) is 5.32 Å². The fourth-order valence-corrected chi connectivity index (χ4v) is 2.75. The van der Waals surface area contributed by atoms with E-state index in [1.165, 1.54) is 19.9 Å². The van der Waals surface area contributed by atoms with E-state index in [9.17, 15) is 27.1 Å². The molecule has 0 amide bonds. The van der Waals surface area contributed by atoms with Crippen molar-refractivity contribution in [3.05, 3.63) is 47.7 Å². The van der Waals surface area contributed by atoms with Gasteiger partial charge in [0, 0.05) is 6.07 Å². The second-order valence-electron chi connectivity index (χ2n) is 6.64. The molecule has 2 aromatic heterocycles. The van der Waals surface area contributed by atoms with Crippen molar-refractivity contribution in [2.24, 2.45) is 0 Å². The average Bonchev–Trinajstić information content (AvgIpc) is 3.08. The third-order valence-corrected chi connectivity index (χ3v) is 4.00. The van der Waals surface area contributed by atoms with Crippen molar-refractivity contribution in [1.82, 2.24) is 19.6 Å². The summed E-state index contributed by atoms with van der Waals surface area (Å²) in [7, 11) is 0. The number of fused-ring (bicyclic) bond motifs is 1. The second kappa shape index (κ2) is 7.78. The molecule has 2 heterocycles. The molecule has 0 aliphatic heterocycles. The van der Waals surface area contributed by atoms with Crippen molar-refractivity contribution in [1.29, 1.82) is 0 Å². The molecular weight excluding hydrogens is 401 g/mol. The molecule has 7 nitrogen and oxygen atoms in total. The zero-order chi connectivity index (χ0) is 21.3. The van der Waals surface area contributed by atoms with E-state index in [1.54, 1.807) is 0 Å². The van der Waals surface area contributed by atoms with Gasteiger partial charge in [-0.3, -0.25) is 0 Å². The van der Waals surface area contributed by atoms with E-state index in [-0.39, 0.29) is 17.2 Å². The van der Waals surface area contributed by atoms with E-state index in [4.69, 9.17) is 0 Å². The average molecular weight is 417 g/mol. The van der Waals surface area contributed by atoms with Gasteiger partial charge in [0.15, 0.2) is 11.6 Å². The Morgan fingerprint density at radius 3 is 2.48 bits per heavy atom. The van der Waals surface area contributed by atoms with Crippen LogP contribution in [-0.2, 0) is 0 Å². The second-order valence-corrected chi connectivity index (χ2v) is 6.64. The summed E-state index contributed by atoms with van der Waals surface area (Å²) in [5.41, 5.74) is -1.95. The van der Waals surface area contributed by atoms with Gasteiger partial charge >= 0.3 is 6.61 Å². The third kappa shape index (κ3) is 4.53. The minimum absolute atomic E-state index is 0.0169. The van der Waals surface area contributed by atoms with Crippen LogP contribution in [0.4, 0.5) is 27.8 Å². The van der Waals surface area contributed by atoms with Crippen molar-refractivity contribution in [3.8, 4) is 5.75 Å². The fraction of sp³-hybridized carbons (Fsp3) is 0.353.